The van der Waals surface area contributed by atoms with E-state index in [1.165, 1.54) is 12.1 Å². The molecule has 2 unspecified atom stereocenters. The molecule has 3 rings (SSSR count). The van der Waals surface area contributed by atoms with Crippen LogP contribution in [0.5, 0.6) is 5.75 Å². The lowest BCUT2D eigenvalue weighted by Gasteiger charge is -2.47. The fraction of sp³-hybridized carbons (Fsp3) is 0.409. The number of rotatable bonds is 5. The molecule has 1 fully saturated rings. The highest BCUT2D eigenvalue weighted by Crippen LogP contribution is 2.47. The maximum Gasteiger partial charge on any atom is 0.128 e. The molecule has 2 aromatic carbocycles. The molecule has 1 heterocycles. The van der Waals surface area contributed by atoms with Crippen LogP contribution in [0.3, 0.4) is 0 Å². The molecule has 0 aromatic heterocycles. The van der Waals surface area contributed by atoms with Gasteiger partial charge in [0.1, 0.15) is 17.7 Å². The molecular formula is C22H26F2N2OS. The van der Waals surface area contributed by atoms with Crippen LogP contribution in [0.25, 0.3) is 11.1 Å². The van der Waals surface area contributed by atoms with Gasteiger partial charge in [0.05, 0.1) is 12.5 Å². The first-order valence-electron chi connectivity index (χ1n) is 9.35. The zero-order valence-electron chi connectivity index (χ0n) is 16.2. The van der Waals surface area contributed by atoms with Gasteiger partial charge in [-0.15, -0.1) is 0 Å². The van der Waals surface area contributed by atoms with Crippen molar-refractivity contribution in [3.8, 4) is 22.9 Å². The summed E-state index contributed by atoms with van der Waals surface area (Å²) in [5, 5.41) is 19.5. The molecule has 0 radical (unpaired) electrons. The fourth-order valence-electron chi connectivity index (χ4n) is 3.95. The van der Waals surface area contributed by atoms with Crippen LogP contribution in [-0.2, 0) is 6.54 Å². The minimum absolute atomic E-state index is 0.0147. The van der Waals surface area contributed by atoms with Gasteiger partial charge < -0.3 is 5.11 Å². The van der Waals surface area contributed by atoms with Crippen molar-refractivity contribution in [3.05, 3.63) is 53.8 Å². The molecule has 150 valence electrons. The summed E-state index contributed by atoms with van der Waals surface area (Å²) in [5.41, 5.74) is 1.54. The summed E-state index contributed by atoms with van der Waals surface area (Å²) < 4.78 is 29.2. The second kappa shape index (κ2) is 8.50. The minimum Gasteiger partial charge on any atom is -0.507 e. The molecule has 0 saturated carbocycles. The summed E-state index contributed by atoms with van der Waals surface area (Å²) in [7, 11) is -0.606. The first kappa shape index (κ1) is 20.6. The van der Waals surface area contributed by atoms with E-state index in [9.17, 15) is 9.50 Å². The molecule has 0 spiro atoms. The molecule has 28 heavy (non-hydrogen) atoms. The number of halogens is 2. The molecule has 0 bridgehead atoms. The van der Waals surface area contributed by atoms with E-state index in [-0.39, 0.29) is 25.3 Å². The van der Waals surface area contributed by atoms with Crippen molar-refractivity contribution in [3.63, 3.8) is 0 Å². The number of alkyl halides is 1. The van der Waals surface area contributed by atoms with E-state index < -0.39 is 27.6 Å². The van der Waals surface area contributed by atoms with Gasteiger partial charge in [-0.2, -0.15) is 5.26 Å². The predicted octanol–water partition coefficient (Wildman–Crippen LogP) is 4.66. The van der Waals surface area contributed by atoms with Gasteiger partial charge in [0.2, 0.25) is 0 Å². The Morgan fingerprint density at radius 2 is 2.00 bits per heavy atom. The Bertz CT molecular complexity index is 869. The molecule has 1 aliphatic rings. The number of likely N-dealkylation sites (tertiary alicyclic amines) is 1. The molecule has 2 aromatic rings. The Hall–Kier alpha value is -2.10. The Balaban J connectivity index is 1.77. The number of thiol groups is 1. The maximum absolute atomic E-state index is 15.0. The topological polar surface area (TPSA) is 47.3 Å². The van der Waals surface area contributed by atoms with Crippen LogP contribution >= 0.6 is 10.9 Å². The molecule has 1 aliphatic heterocycles. The molecule has 3 nitrogen and oxygen atoms in total. The number of hydrogen-bond donors (Lipinski definition) is 2. The lowest BCUT2D eigenvalue weighted by atomic mass is 9.90. The standard InChI is InChI=1S/C22H26F2N2OS/c1-28(2)22(8-10-25)9-11-26(15-21(22)24)14-17-12-20(27)18(13-19(17)23)16-6-4-3-5-7-16/h3-7,12-13,21,27-28H,8-9,11,14-15H2,1-2H3. The zero-order chi connectivity index (χ0) is 20.3. The first-order chi connectivity index (χ1) is 13.4. The van der Waals surface area contributed by atoms with Gasteiger partial charge in [0.15, 0.2) is 0 Å². The smallest absolute Gasteiger partial charge is 0.128 e. The van der Waals surface area contributed by atoms with Gasteiger partial charge >= 0.3 is 0 Å². The van der Waals surface area contributed by atoms with Crippen LogP contribution in [0, 0.1) is 17.1 Å². The second-order valence-electron chi connectivity index (χ2n) is 7.61. The van der Waals surface area contributed by atoms with Crippen molar-refractivity contribution in [2.24, 2.45) is 0 Å². The molecule has 1 N–H and O–H groups in total. The predicted molar refractivity (Wildman–Crippen MR) is 112 cm³/mol. The number of phenolic OH excluding ortho intramolecular Hbond substituents is 1. The molecular weight excluding hydrogens is 378 g/mol. The van der Waals surface area contributed by atoms with E-state index in [1.54, 1.807) is 0 Å². The number of benzene rings is 2. The van der Waals surface area contributed by atoms with E-state index in [0.717, 1.165) is 5.56 Å². The Morgan fingerprint density at radius 3 is 2.61 bits per heavy atom. The summed E-state index contributed by atoms with van der Waals surface area (Å²) in [6.45, 7) is 1.04. The van der Waals surface area contributed by atoms with Crippen molar-refractivity contribution in [2.45, 2.75) is 30.3 Å². The van der Waals surface area contributed by atoms with Gasteiger partial charge in [-0.05, 0) is 36.6 Å². The third-order valence-corrected chi connectivity index (χ3v) is 8.22. The highest BCUT2D eigenvalue weighted by atomic mass is 32.2. The van der Waals surface area contributed by atoms with Crippen molar-refractivity contribution in [2.75, 3.05) is 25.6 Å². The maximum atomic E-state index is 15.0. The van der Waals surface area contributed by atoms with Crippen molar-refractivity contribution in [1.29, 1.82) is 5.26 Å². The van der Waals surface area contributed by atoms with Gasteiger partial charge in [-0.25, -0.2) is 19.7 Å². The minimum atomic E-state index is -1.11. The van der Waals surface area contributed by atoms with Gasteiger partial charge in [-0.3, -0.25) is 4.90 Å². The third kappa shape index (κ3) is 4.01. The van der Waals surface area contributed by atoms with E-state index in [0.29, 0.717) is 24.1 Å². The van der Waals surface area contributed by atoms with Crippen LogP contribution in [0.2, 0.25) is 0 Å². The number of hydrogen-bond acceptors (Lipinski definition) is 3. The Morgan fingerprint density at radius 1 is 1.29 bits per heavy atom. The van der Waals surface area contributed by atoms with E-state index in [1.807, 2.05) is 47.7 Å². The van der Waals surface area contributed by atoms with Gasteiger partial charge in [0, 0.05) is 35.5 Å². The monoisotopic (exact) mass is 404 g/mol. The second-order valence-corrected chi connectivity index (χ2v) is 10.3. The summed E-state index contributed by atoms with van der Waals surface area (Å²) in [6.07, 6.45) is 3.75. The van der Waals surface area contributed by atoms with Crippen LogP contribution in [0.1, 0.15) is 18.4 Å². The van der Waals surface area contributed by atoms with Crippen molar-refractivity contribution in [1.82, 2.24) is 4.90 Å². The highest BCUT2D eigenvalue weighted by molar-refractivity contribution is 8.17. The van der Waals surface area contributed by atoms with Crippen molar-refractivity contribution >= 4 is 10.9 Å². The van der Waals surface area contributed by atoms with Crippen LogP contribution in [0.4, 0.5) is 8.78 Å². The van der Waals surface area contributed by atoms with E-state index >= 15 is 4.39 Å². The van der Waals surface area contributed by atoms with E-state index in [2.05, 4.69) is 6.07 Å². The third-order valence-electron chi connectivity index (χ3n) is 5.78. The molecule has 6 heteroatoms. The summed E-state index contributed by atoms with van der Waals surface area (Å²) in [4.78, 5) is 1.87. The number of nitrogens with zero attached hydrogens (tertiary/aromatic N) is 2. The summed E-state index contributed by atoms with van der Waals surface area (Å²) >= 11 is 0. The van der Waals surface area contributed by atoms with Crippen LogP contribution in [0.15, 0.2) is 42.5 Å². The largest absolute Gasteiger partial charge is 0.507 e. The highest BCUT2D eigenvalue weighted by Gasteiger charge is 2.44. The lowest BCUT2D eigenvalue weighted by molar-refractivity contribution is 0.0982. The number of phenols is 1. The molecule has 0 amide bonds. The summed E-state index contributed by atoms with van der Waals surface area (Å²) in [5.74, 6) is -0.393. The molecule has 2 atom stereocenters. The average Bonchev–Trinajstić information content (AvgIpc) is 2.67. The molecule has 0 aliphatic carbocycles. The SMILES string of the molecule is C[SH](C)C1(CC#N)CCN(Cc2cc(O)c(-c3ccccc3)cc2F)CC1F. The average molecular weight is 405 g/mol. The summed E-state index contributed by atoms with van der Waals surface area (Å²) in [6, 6.07) is 14.1. The lowest BCUT2D eigenvalue weighted by Crippen LogP contribution is -2.52. The normalized spacial score (nSPS) is 23.2. The van der Waals surface area contributed by atoms with Crippen molar-refractivity contribution < 1.29 is 13.9 Å². The van der Waals surface area contributed by atoms with Crippen LogP contribution in [-0.4, -0.2) is 46.5 Å². The number of nitriles is 1. The molecule has 1 saturated heterocycles. The number of piperidine rings is 1. The fourth-order valence-corrected chi connectivity index (χ4v) is 5.53. The van der Waals surface area contributed by atoms with E-state index in [4.69, 9.17) is 5.26 Å². The first-order valence-corrected chi connectivity index (χ1v) is 11.6. The zero-order valence-corrected chi connectivity index (χ0v) is 17.1. The number of aromatic hydroxyl groups is 1. The van der Waals surface area contributed by atoms with Crippen LogP contribution < -0.4 is 0 Å². The Labute approximate surface area is 168 Å². The Kier molecular flexibility index (Phi) is 6.26. The quantitative estimate of drug-likeness (QED) is 0.713. The van der Waals surface area contributed by atoms with Gasteiger partial charge in [-0.1, -0.05) is 30.3 Å². The van der Waals surface area contributed by atoms with Gasteiger partial charge in [0.25, 0.3) is 0 Å².